The molecule has 0 aliphatic heterocycles. The SMILES string of the molecule is CC(C)c1c(Br)c2ccccn2c1C(=O)c1ccc(OCCCNC(C)(C)C)cc1. The Morgan fingerprint density at radius 2 is 1.83 bits per heavy atom. The minimum absolute atomic E-state index is 0.0199. The molecular formula is C25H31BrN2O2. The number of pyridine rings is 1. The van der Waals surface area contributed by atoms with E-state index in [2.05, 4.69) is 55.9 Å². The zero-order chi connectivity index (χ0) is 21.9. The Balaban J connectivity index is 1.75. The Hall–Kier alpha value is -2.11. The summed E-state index contributed by atoms with van der Waals surface area (Å²) >= 11 is 3.71. The number of hydrogen-bond acceptors (Lipinski definition) is 3. The van der Waals surface area contributed by atoms with Crippen LogP contribution in [0.2, 0.25) is 0 Å². The molecule has 0 amide bonds. The number of carbonyl (C=O) groups excluding carboxylic acids is 1. The monoisotopic (exact) mass is 470 g/mol. The van der Waals surface area contributed by atoms with Crippen LogP contribution in [0.1, 0.15) is 68.6 Å². The van der Waals surface area contributed by atoms with Gasteiger partial charge in [-0.1, -0.05) is 19.9 Å². The second-order valence-corrected chi connectivity index (χ2v) is 9.71. The first kappa shape index (κ1) is 22.6. The first-order valence-electron chi connectivity index (χ1n) is 10.5. The molecule has 30 heavy (non-hydrogen) atoms. The summed E-state index contributed by atoms with van der Waals surface area (Å²) in [7, 11) is 0. The van der Waals surface area contributed by atoms with Crippen LogP contribution in [0, 0.1) is 0 Å². The summed E-state index contributed by atoms with van der Waals surface area (Å²) in [5.74, 6) is 1.03. The Morgan fingerprint density at radius 1 is 1.13 bits per heavy atom. The van der Waals surface area contributed by atoms with Gasteiger partial charge in [-0.25, -0.2) is 0 Å². The average molecular weight is 471 g/mol. The Kier molecular flexibility index (Phi) is 7.04. The van der Waals surface area contributed by atoms with Gasteiger partial charge in [0.2, 0.25) is 5.78 Å². The zero-order valence-corrected chi connectivity index (χ0v) is 20.0. The summed E-state index contributed by atoms with van der Waals surface area (Å²) in [6, 6.07) is 13.4. The largest absolute Gasteiger partial charge is 0.494 e. The molecule has 0 spiro atoms. The van der Waals surface area contributed by atoms with Crippen LogP contribution in [0.25, 0.3) is 5.52 Å². The Morgan fingerprint density at radius 3 is 2.47 bits per heavy atom. The zero-order valence-electron chi connectivity index (χ0n) is 18.5. The highest BCUT2D eigenvalue weighted by atomic mass is 79.9. The Labute approximate surface area is 187 Å². The summed E-state index contributed by atoms with van der Waals surface area (Å²) in [6.45, 7) is 12.2. The van der Waals surface area contributed by atoms with Gasteiger partial charge in [0.25, 0.3) is 0 Å². The topological polar surface area (TPSA) is 42.7 Å². The van der Waals surface area contributed by atoms with E-state index in [1.54, 1.807) is 0 Å². The van der Waals surface area contributed by atoms with Crippen LogP contribution in [0.3, 0.4) is 0 Å². The van der Waals surface area contributed by atoms with Crippen molar-refractivity contribution in [2.75, 3.05) is 13.2 Å². The van der Waals surface area contributed by atoms with Gasteiger partial charge in [0.15, 0.2) is 0 Å². The number of carbonyl (C=O) groups is 1. The van der Waals surface area contributed by atoms with E-state index in [0.717, 1.165) is 40.0 Å². The van der Waals surface area contributed by atoms with Gasteiger partial charge >= 0.3 is 0 Å². The molecule has 0 aliphatic carbocycles. The van der Waals surface area contributed by atoms with Gasteiger partial charge < -0.3 is 14.5 Å². The van der Waals surface area contributed by atoms with E-state index in [9.17, 15) is 4.79 Å². The van der Waals surface area contributed by atoms with Crippen molar-refractivity contribution in [1.82, 2.24) is 9.72 Å². The van der Waals surface area contributed by atoms with Gasteiger partial charge in [-0.15, -0.1) is 0 Å². The number of nitrogens with zero attached hydrogens (tertiary/aromatic N) is 1. The molecule has 0 saturated heterocycles. The van der Waals surface area contributed by atoms with Crippen LogP contribution in [0.4, 0.5) is 0 Å². The molecule has 2 heterocycles. The number of rotatable bonds is 8. The molecule has 0 aliphatic rings. The van der Waals surface area contributed by atoms with Gasteiger partial charge in [-0.3, -0.25) is 4.79 Å². The van der Waals surface area contributed by atoms with E-state index >= 15 is 0 Å². The molecule has 3 aromatic rings. The molecule has 0 unspecified atom stereocenters. The molecule has 0 bridgehead atoms. The van der Waals surface area contributed by atoms with E-state index in [0.29, 0.717) is 12.2 Å². The molecule has 4 nitrogen and oxygen atoms in total. The number of ketones is 1. The number of nitrogens with one attached hydrogen (secondary N) is 1. The highest BCUT2D eigenvalue weighted by Gasteiger charge is 2.24. The van der Waals surface area contributed by atoms with Crippen molar-refractivity contribution < 1.29 is 9.53 Å². The van der Waals surface area contributed by atoms with Crippen LogP contribution in [0.5, 0.6) is 5.75 Å². The van der Waals surface area contributed by atoms with E-state index in [4.69, 9.17) is 4.74 Å². The quantitative estimate of drug-likeness (QED) is 0.314. The molecule has 0 radical (unpaired) electrons. The van der Waals surface area contributed by atoms with Gasteiger partial charge in [-0.2, -0.15) is 0 Å². The van der Waals surface area contributed by atoms with E-state index < -0.39 is 0 Å². The van der Waals surface area contributed by atoms with Crippen molar-refractivity contribution in [3.05, 3.63) is 70.0 Å². The molecule has 1 N–H and O–H groups in total. The Bertz CT molecular complexity index is 1010. The van der Waals surface area contributed by atoms with Crippen LogP contribution < -0.4 is 10.1 Å². The van der Waals surface area contributed by atoms with Crippen LogP contribution in [0.15, 0.2) is 53.1 Å². The maximum absolute atomic E-state index is 13.4. The number of halogens is 1. The van der Waals surface area contributed by atoms with Gasteiger partial charge in [-0.05, 0) is 97.5 Å². The first-order chi connectivity index (χ1) is 14.2. The van der Waals surface area contributed by atoms with E-state index in [1.165, 1.54) is 0 Å². The number of hydrogen-bond donors (Lipinski definition) is 1. The van der Waals surface area contributed by atoms with Crippen LogP contribution >= 0.6 is 15.9 Å². The highest BCUT2D eigenvalue weighted by molar-refractivity contribution is 9.10. The fourth-order valence-electron chi connectivity index (χ4n) is 3.51. The lowest BCUT2D eigenvalue weighted by molar-refractivity contribution is 0.103. The molecule has 0 saturated carbocycles. The van der Waals surface area contributed by atoms with Crippen LogP contribution in [-0.2, 0) is 0 Å². The van der Waals surface area contributed by atoms with E-state index in [-0.39, 0.29) is 17.2 Å². The highest BCUT2D eigenvalue weighted by Crippen LogP contribution is 2.35. The molecule has 0 atom stereocenters. The van der Waals surface area contributed by atoms with Crippen LogP contribution in [-0.4, -0.2) is 28.9 Å². The third-order valence-corrected chi connectivity index (χ3v) is 5.80. The number of aromatic nitrogens is 1. The smallest absolute Gasteiger partial charge is 0.210 e. The van der Waals surface area contributed by atoms with Crippen molar-refractivity contribution >= 4 is 27.2 Å². The maximum atomic E-state index is 13.4. The third kappa shape index (κ3) is 5.13. The second-order valence-electron chi connectivity index (χ2n) is 8.92. The molecule has 3 rings (SSSR count). The predicted octanol–water partition coefficient (Wildman–Crippen LogP) is 6.21. The van der Waals surface area contributed by atoms with Crippen molar-refractivity contribution in [3.63, 3.8) is 0 Å². The first-order valence-corrected chi connectivity index (χ1v) is 11.3. The van der Waals surface area contributed by atoms with Gasteiger partial charge in [0, 0.05) is 21.8 Å². The maximum Gasteiger partial charge on any atom is 0.210 e. The normalized spacial score (nSPS) is 12.0. The molecule has 2 aromatic heterocycles. The summed E-state index contributed by atoms with van der Waals surface area (Å²) in [6.07, 6.45) is 2.88. The van der Waals surface area contributed by atoms with E-state index in [1.807, 2.05) is 53.1 Å². The van der Waals surface area contributed by atoms with Crippen molar-refractivity contribution in [2.45, 2.75) is 52.5 Å². The molecule has 5 heteroatoms. The fourth-order valence-corrected chi connectivity index (χ4v) is 4.48. The van der Waals surface area contributed by atoms with Gasteiger partial charge in [0.05, 0.1) is 17.8 Å². The minimum Gasteiger partial charge on any atom is -0.494 e. The van der Waals surface area contributed by atoms with Gasteiger partial charge in [0.1, 0.15) is 5.75 Å². The fraction of sp³-hybridized carbons (Fsp3) is 0.400. The lowest BCUT2D eigenvalue weighted by atomic mass is 9.98. The van der Waals surface area contributed by atoms with Crippen molar-refractivity contribution in [1.29, 1.82) is 0 Å². The lowest BCUT2D eigenvalue weighted by Gasteiger charge is -2.20. The third-order valence-electron chi connectivity index (χ3n) is 4.97. The predicted molar refractivity (Wildman–Crippen MR) is 127 cm³/mol. The second kappa shape index (κ2) is 9.36. The number of benzene rings is 1. The summed E-state index contributed by atoms with van der Waals surface area (Å²) < 4.78 is 8.81. The standard InChI is InChI=1S/C25H31BrN2O2/c1-17(2)21-22(26)20-9-6-7-15-28(20)23(21)24(29)18-10-12-19(13-11-18)30-16-8-14-27-25(3,4)5/h6-7,9-13,15,17,27H,8,14,16H2,1-5H3. The number of ether oxygens (including phenoxy) is 1. The molecule has 0 fully saturated rings. The number of fused-ring (bicyclic) bond motifs is 1. The summed E-state index contributed by atoms with van der Waals surface area (Å²) in [4.78, 5) is 13.4. The molecular weight excluding hydrogens is 440 g/mol. The van der Waals surface area contributed by atoms with Crippen molar-refractivity contribution in [2.24, 2.45) is 0 Å². The average Bonchev–Trinajstić information content (AvgIpc) is 3.00. The summed E-state index contributed by atoms with van der Waals surface area (Å²) in [5, 5.41) is 3.45. The molecule has 1 aromatic carbocycles. The molecule has 160 valence electrons. The minimum atomic E-state index is 0.0199. The lowest BCUT2D eigenvalue weighted by Crippen LogP contribution is -2.36. The van der Waals surface area contributed by atoms with Crippen molar-refractivity contribution in [3.8, 4) is 5.75 Å². The summed E-state index contributed by atoms with van der Waals surface area (Å²) in [5.41, 5.74) is 3.55.